The quantitative estimate of drug-likeness (QED) is 0.327. The number of rotatable bonds is 4. The molecule has 3 heterocycles. The van der Waals surface area contributed by atoms with Crippen LogP contribution in [0.5, 0.6) is 0 Å². The molecule has 0 spiro atoms. The van der Waals surface area contributed by atoms with Gasteiger partial charge in [0.1, 0.15) is 5.69 Å². The van der Waals surface area contributed by atoms with Gasteiger partial charge >= 0.3 is 6.03 Å². The Kier molecular flexibility index (Phi) is 6.14. The topological polar surface area (TPSA) is 119 Å². The summed E-state index contributed by atoms with van der Waals surface area (Å²) in [5.41, 5.74) is 11.7. The first kappa shape index (κ1) is 23.4. The second kappa shape index (κ2) is 9.71. The van der Waals surface area contributed by atoms with Crippen molar-refractivity contribution in [3.63, 3.8) is 0 Å². The van der Waals surface area contributed by atoms with Gasteiger partial charge in [-0.1, -0.05) is 12.0 Å². The van der Waals surface area contributed by atoms with Crippen molar-refractivity contribution in [1.82, 2.24) is 18.9 Å². The molecule has 4 N–H and O–H groups in total. The molecule has 0 aliphatic carbocycles. The monoisotopic (exact) mass is 489 g/mol. The van der Waals surface area contributed by atoms with Crippen molar-refractivity contribution >= 4 is 29.0 Å². The van der Waals surface area contributed by atoms with Gasteiger partial charge in [0.2, 0.25) is 0 Å². The molecule has 182 valence electrons. The highest BCUT2D eigenvalue weighted by atomic mass is 16.2. The Morgan fingerprint density at radius 2 is 1.86 bits per heavy atom. The first-order valence-corrected chi connectivity index (χ1v) is 11.4. The number of amides is 3. The van der Waals surface area contributed by atoms with Gasteiger partial charge in [0.25, 0.3) is 5.91 Å². The highest BCUT2D eigenvalue weighted by Gasteiger charge is 2.11. The maximum absolute atomic E-state index is 13.1. The van der Waals surface area contributed by atoms with Crippen molar-refractivity contribution in [3.05, 3.63) is 108 Å². The van der Waals surface area contributed by atoms with Crippen LogP contribution in [0.2, 0.25) is 0 Å². The lowest BCUT2D eigenvalue weighted by Gasteiger charge is -2.11. The summed E-state index contributed by atoms with van der Waals surface area (Å²) >= 11 is 0. The lowest BCUT2D eigenvalue weighted by Crippen LogP contribution is -2.19. The lowest BCUT2D eigenvalue weighted by molar-refractivity contribution is 0.102. The minimum Gasteiger partial charge on any atom is -0.351 e. The number of benzene rings is 2. The summed E-state index contributed by atoms with van der Waals surface area (Å²) < 4.78 is 3.65. The second-order valence-electron chi connectivity index (χ2n) is 8.51. The molecule has 5 aromatic rings. The van der Waals surface area contributed by atoms with Crippen LogP contribution in [0.4, 0.5) is 16.2 Å². The number of aryl methyl sites for hydroxylation is 2. The van der Waals surface area contributed by atoms with Gasteiger partial charge in [0.05, 0.1) is 18.2 Å². The highest BCUT2D eigenvalue weighted by Crippen LogP contribution is 2.20. The number of nitrogens with two attached hydrogens (primary N) is 1. The summed E-state index contributed by atoms with van der Waals surface area (Å²) in [5, 5.41) is 5.54. The summed E-state index contributed by atoms with van der Waals surface area (Å²) in [7, 11) is 0. The Hall–Kier alpha value is -5.36. The third kappa shape index (κ3) is 5.04. The van der Waals surface area contributed by atoms with Crippen molar-refractivity contribution in [2.24, 2.45) is 5.73 Å². The number of nitrogens with zero attached hydrogens (tertiary/aromatic N) is 4. The maximum Gasteiger partial charge on any atom is 0.316 e. The van der Waals surface area contributed by atoms with E-state index < -0.39 is 6.03 Å². The van der Waals surface area contributed by atoms with Gasteiger partial charge in [-0.2, -0.15) is 0 Å². The molecule has 0 aliphatic heterocycles. The number of carbonyl (C=O) groups is 2. The molecular formula is C28H23N7O2. The third-order valence-corrected chi connectivity index (χ3v) is 5.74. The SMILES string of the molecule is Cc1cc(NC(=O)c2ccc(C)c(C#Cc3cnc4c(NC(N)=O)cccn34)c2)cc(-n2ccnc2)c1. The third-order valence-electron chi connectivity index (χ3n) is 5.74. The zero-order valence-electron chi connectivity index (χ0n) is 20.2. The first-order valence-electron chi connectivity index (χ1n) is 11.4. The zero-order valence-corrected chi connectivity index (χ0v) is 20.2. The lowest BCUT2D eigenvalue weighted by atomic mass is 10.0. The molecule has 5 rings (SSSR count). The highest BCUT2D eigenvalue weighted by molar-refractivity contribution is 6.04. The van der Waals surface area contributed by atoms with Crippen molar-refractivity contribution in [1.29, 1.82) is 0 Å². The van der Waals surface area contributed by atoms with Crippen LogP contribution in [0.1, 0.15) is 32.7 Å². The summed E-state index contributed by atoms with van der Waals surface area (Å²) in [5.74, 6) is 6.03. The van der Waals surface area contributed by atoms with Gasteiger partial charge in [-0.05, 0) is 73.4 Å². The second-order valence-corrected chi connectivity index (χ2v) is 8.51. The minimum atomic E-state index is -0.668. The van der Waals surface area contributed by atoms with Gasteiger partial charge in [0, 0.05) is 41.1 Å². The van der Waals surface area contributed by atoms with Gasteiger partial charge in [-0.25, -0.2) is 14.8 Å². The molecular weight excluding hydrogens is 466 g/mol. The van der Waals surface area contributed by atoms with Gasteiger partial charge in [0.15, 0.2) is 5.65 Å². The van der Waals surface area contributed by atoms with E-state index in [1.54, 1.807) is 53.6 Å². The number of anilines is 2. The normalized spacial score (nSPS) is 10.5. The summed E-state index contributed by atoms with van der Waals surface area (Å²) in [6.07, 6.45) is 8.69. The molecule has 0 aliphatic rings. The van der Waals surface area contributed by atoms with Crippen LogP contribution in [0.15, 0.2) is 79.6 Å². The van der Waals surface area contributed by atoms with Crippen molar-refractivity contribution < 1.29 is 9.59 Å². The number of urea groups is 1. The molecule has 9 heteroatoms. The average molecular weight is 490 g/mol. The fraction of sp³-hybridized carbons (Fsp3) is 0.0714. The van der Waals surface area contributed by atoms with E-state index in [2.05, 4.69) is 32.4 Å². The number of fused-ring (bicyclic) bond motifs is 1. The van der Waals surface area contributed by atoms with Crippen molar-refractivity contribution in [3.8, 4) is 17.5 Å². The van der Waals surface area contributed by atoms with Crippen LogP contribution in [0.3, 0.4) is 0 Å². The van der Waals surface area contributed by atoms with Crippen LogP contribution in [0.25, 0.3) is 11.3 Å². The smallest absolute Gasteiger partial charge is 0.316 e. The molecule has 9 nitrogen and oxygen atoms in total. The number of carbonyl (C=O) groups excluding carboxylic acids is 2. The van der Waals surface area contributed by atoms with E-state index in [0.717, 1.165) is 22.4 Å². The Labute approximate surface area is 213 Å². The number of nitrogens with one attached hydrogen (secondary N) is 2. The molecule has 0 bridgehead atoms. The molecule has 0 atom stereocenters. The van der Waals surface area contributed by atoms with E-state index in [9.17, 15) is 9.59 Å². The van der Waals surface area contributed by atoms with E-state index in [1.165, 1.54) is 0 Å². The summed E-state index contributed by atoms with van der Waals surface area (Å²) in [6, 6.07) is 14.1. The van der Waals surface area contributed by atoms with Crippen LogP contribution in [0, 0.1) is 25.7 Å². The number of aromatic nitrogens is 4. The van der Waals surface area contributed by atoms with Gasteiger partial charge in [-0.3, -0.25) is 9.20 Å². The summed E-state index contributed by atoms with van der Waals surface area (Å²) in [4.78, 5) is 32.8. The molecule has 2 aromatic carbocycles. The zero-order chi connectivity index (χ0) is 25.9. The molecule has 0 saturated heterocycles. The van der Waals surface area contributed by atoms with E-state index in [-0.39, 0.29) is 5.91 Å². The molecule has 0 saturated carbocycles. The Morgan fingerprint density at radius 1 is 1.00 bits per heavy atom. The van der Waals surface area contributed by atoms with Gasteiger partial charge in [-0.15, -0.1) is 0 Å². The number of primary amides is 1. The predicted octanol–water partition coefficient (Wildman–Crippen LogP) is 4.28. The van der Waals surface area contributed by atoms with Crippen LogP contribution in [-0.2, 0) is 0 Å². The number of pyridine rings is 1. The standard InChI is InChI=1S/C28H23N7O2/c1-18-12-22(15-24(13-18)34-11-9-30-17-34)32-27(36)21-6-5-19(2)20(14-21)7-8-23-16-31-26-25(33-28(29)37)4-3-10-35(23)26/h3-6,9-17H,1-2H3,(H,32,36)(H3,29,33,37). The number of imidazole rings is 2. The van der Waals surface area contributed by atoms with Crippen LogP contribution >= 0.6 is 0 Å². The summed E-state index contributed by atoms with van der Waals surface area (Å²) in [6.45, 7) is 3.91. The Morgan fingerprint density at radius 3 is 2.65 bits per heavy atom. The molecule has 37 heavy (non-hydrogen) atoms. The number of hydrogen-bond donors (Lipinski definition) is 3. The van der Waals surface area contributed by atoms with Crippen LogP contribution < -0.4 is 16.4 Å². The van der Waals surface area contributed by atoms with E-state index in [0.29, 0.717) is 28.3 Å². The molecule has 3 aromatic heterocycles. The number of hydrogen-bond acceptors (Lipinski definition) is 4. The minimum absolute atomic E-state index is 0.234. The Bertz CT molecular complexity index is 1710. The Balaban J connectivity index is 1.41. The van der Waals surface area contributed by atoms with E-state index in [1.807, 2.05) is 48.9 Å². The van der Waals surface area contributed by atoms with Gasteiger partial charge < -0.3 is 20.9 Å². The molecule has 0 fully saturated rings. The van der Waals surface area contributed by atoms with E-state index in [4.69, 9.17) is 5.73 Å². The van der Waals surface area contributed by atoms with E-state index >= 15 is 0 Å². The molecule has 0 unspecified atom stereocenters. The molecule has 3 amide bonds. The van der Waals surface area contributed by atoms with Crippen LogP contribution in [-0.4, -0.2) is 30.9 Å². The van der Waals surface area contributed by atoms with Crippen molar-refractivity contribution in [2.45, 2.75) is 13.8 Å². The predicted molar refractivity (Wildman–Crippen MR) is 142 cm³/mol. The largest absolute Gasteiger partial charge is 0.351 e. The first-order chi connectivity index (χ1) is 17.9. The van der Waals surface area contributed by atoms with Crippen molar-refractivity contribution in [2.75, 3.05) is 10.6 Å². The fourth-order valence-corrected chi connectivity index (χ4v) is 3.96. The fourth-order valence-electron chi connectivity index (χ4n) is 3.96. The molecule has 0 radical (unpaired) electrons. The average Bonchev–Trinajstić information content (AvgIpc) is 3.54. The maximum atomic E-state index is 13.1.